The third-order valence-corrected chi connectivity index (χ3v) is 8.17. The van der Waals surface area contributed by atoms with Gasteiger partial charge in [-0.15, -0.1) is 11.3 Å². The number of nitrogen functional groups attached to an aromatic ring is 1. The van der Waals surface area contributed by atoms with E-state index in [4.69, 9.17) is 10.5 Å². The average Bonchev–Trinajstić information content (AvgIpc) is 3.15. The average molecular weight is 479 g/mol. The zero-order valence-electron chi connectivity index (χ0n) is 18.0. The number of methoxy groups -OCH3 is 1. The maximum Gasteiger partial charge on any atom is 0.211 e. The highest BCUT2D eigenvalue weighted by Crippen LogP contribution is 2.44. The fourth-order valence-corrected chi connectivity index (χ4v) is 6.27. The maximum atomic E-state index is 13.6. The molecule has 0 spiro atoms. The molecule has 8 heteroatoms. The van der Waals surface area contributed by atoms with Gasteiger partial charge in [0, 0.05) is 17.3 Å². The van der Waals surface area contributed by atoms with Crippen LogP contribution >= 0.6 is 11.3 Å². The van der Waals surface area contributed by atoms with Gasteiger partial charge in [-0.25, -0.2) is 8.42 Å². The lowest BCUT2D eigenvalue weighted by Crippen LogP contribution is -2.08. The topological polar surface area (TPSA) is 98.5 Å². The van der Waals surface area contributed by atoms with Gasteiger partial charge in [0.1, 0.15) is 20.5 Å². The van der Waals surface area contributed by atoms with Crippen molar-refractivity contribution >= 4 is 43.3 Å². The lowest BCUT2D eigenvalue weighted by Gasteiger charge is -2.10. The van der Waals surface area contributed by atoms with Crippen molar-refractivity contribution in [2.24, 2.45) is 0 Å². The van der Waals surface area contributed by atoms with Crippen LogP contribution in [0.3, 0.4) is 0 Å². The summed E-state index contributed by atoms with van der Waals surface area (Å²) in [5, 5.41) is 3.39. The maximum absolute atomic E-state index is 13.6. The highest BCUT2D eigenvalue weighted by atomic mass is 32.2. The second-order valence-electron chi connectivity index (χ2n) is 7.37. The predicted octanol–water partition coefficient (Wildman–Crippen LogP) is 5.45. The van der Waals surface area contributed by atoms with Crippen molar-refractivity contribution in [2.45, 2.75) is 16.7 Å². The number of carbonyl (C=O) groups excluding carboxylic acids is 1. The van der Waals surface area contributed by atoms with E-state index in [1.807, 2.05) is 6.92 Å². The zero-order chi connectivity index (χ0) is 23.6. The van der Waals surface area contributed by atoms with Gasteiger partial charge in [-0.2, -0.15) is 0 Å². The Labute approximate surface area is 196 Å². The van der Waals surface area contributed by atoms with Crippen LogP contribution in [-0.4, -0.2) is 21.3 Å². The van der Waals surface area contributed by atoms with Crippen LogP contribution in [-0.2, 0) is 9.84 Å². The molecule has 0 aliphatic rings. The Kier molecular flexibility index (Phi) is 6.22. The van der Waals surface area contributed by atoms with Crippen molar-refractivity contribution in [1.29, 1.82) is 0 Å². The summed E-state index contributed by atoms with van der Waals surface area (Å²) < 4.78 is 32.5. The molecule has 4 rings (SSSR count). The molecule has 6 nitrogen and oxygen atoms in total. The normalized spacial score (nSPS) is 11.2. The number of ether oxygens (including phenoxy) is 1. The van der Waals surface area contributed by atoms with Gasteiger partial charge >= 0.3 is 0 Å². The van der Waals surface area contributed by atoms with Crippen LogP contribution in [0.1, 0.15) is 20.8 Å². The second-order valence-corrected chi connectivity index (χ2v) is 10.3. The minimum absolute atomic E-state index is 0.0696. The Morgan fingerprint density at radius 1 is 0.970 bits per heavy atom. The van der Waals surface area contributed by atoms with Gasteiger partial charge in [0.2, 0.25) is 15.6 Å². The van der Waals surface area contributed by atoms with Gasteiger partial charge in [0.15, 0.2) is 0 Å². The molecule has 0 bridgehead atoms. The minimum atomic E-state index is -4.01. The molecule has 0 amide bonds. The number of aryl methyl sites for hydroxylation is 1. The van der Waals surface area contributed by atoms with Gasteiger partial charge < -0.3 is 15.8 Å². The summed E-state index contributed by atoms with van der Waals surface area (Å²) in [5.41, 5.74) is 8.25. The molecule has 168 valence electrons. The summed E-state index contributed by atoms with van der Waals surface area (Å²) >= 11 is 1.02. The van der Waals surface area contributed by atoms with Crippen LogP contribution in [0.5, 0.6) is 5.75 Å². The summed E-state index contributed by atoms with van der Waals surface area (Å²) in [6, 6.07) is 22.2. The number of nitrogens with one attached hydrogen (secondary N) is 1. The Morgan fingerprint density at radius 2 is 1.67 bits per heavy atom. The van der Waals surface area contributed by atoms with Crippen LogP contribution in [0.4, 0.5) is 16.4 Å². The lowest BCUT2D eigenvalue weighted by molar-refractivity contribution is 0.104. The molecular formula is C25H22N2O4S2. The third kappa shape index (κ3) is 4.48. The van der Waals surface area contributed by atoms with E-state index in [1.165, 1.54) is 12.1 Å². The molecule has 0 unspecified atom stereocenters. The van der Waals surface area contributed by atoms with E-state index < -0.39 is 9.84 Å². The second kappa shape index (κ2) is 9.09. The first-order valence-corrected chi connectivity index (χ1v) is 12.4. The van der Waals surface area contributed by atoms with Crippen LogP contribution in [0.25, 0.3) is 0 Å². The molecule has 0 aliphatic carbocycles. The third-order valence-electron chi connectivity index (χ3n) is 5.07. The molecule has 0 atom stereocenters. The van der Waals surface area contributed by atoms with Crippen molar-refractivity contribution < 1.29 is 17.9 Å². The smallest absolute Gasteiger partial charge is 0.211 e. The Hall–Kier alpha value is -3.62. The first kappa shape index (κ1) is 22.6. The largest absolute Gasteiger partial charge is 0.497 e. The van der Waals surface area contributed by atoms with E-state index in [1.54, 1.807) is 73.8 Å². The quantitative estimate of drug-likeness (QED) is 0.343. The molecule has 0 saturated carbocycles. The molecule has 0 saturated heterocycles. The van der Waals surface area contributed by atoms with Crippen molar-refractivity contribution in [3.63, 3.8) is 0 Å². The number of sulfone groups is 1. The number of anilines is 3. The summed E-state index contributed by atoms with van der Waals surface area (Å²) in [6.07, 6.45) is 0. The van der Waals surface area contributed by atoms with E-state index in [0.717, 1.165) is 16.9 Å². The number of thiophene rings is 1. The van der Waals surface area contributed by atoms with Gasteiger partial charge in [0.05, 0.1) is 17.7 Å². The number of hydrogen-bond donors (Lipinski definition) is 2. The van der Waals surface area contributed by atoms with Crippen LogP contribution < -0.4 is 15.8 Å². The number of hydrogen-bond acceptors (Lipinski definition) is 7. The Morgan fingerprint density at radius 3 is 2.33 bits per heavy atom. The molecule has 1 aromatic heterocycles. The van der Waals surface area contributed by atoms with Crippen molar-refractivity contribution in [3.8, 4) is 5.75 Å². The molecule has 0 aliphatic heterocycles. The summed E-state index contributed by atoms with van der Waals surface area (Å²) in [4.78, 5) is 13.3. The van der Waals surface area contributed by atoms with Gasteiger partial charge in [-0.1, -0.05) is 54.1 Å². The minimum Gasteiger partial charge on any atom is -0.497 e. The summed E-state index contributed by atoms with van der Waals surface area (Å²) in [6.45, 7) is 1.88. The Bertz CT molecular complexity index is 1410. The highest BCUT2D eigenvalue weighted by Gasteiger charge is 2.31. The first-order chi connectivity index (χ1) is 15.8. The monoisotopic (exact) mass is 478 g/mol. The molecule has 4 aromatic rings. The number of nitrogens with two attached hydrogens (primary N) is 1. The van der Waals surface area contributed by atoms with E-state index in [2.05, 4.69) is 5.32 Å². The van der Waals surface area contributed by atoms with E-state index in [0.29, 0.717) is 17.0 Å². The molecule has 0 fully saturated rings. The molecule has 0 radical (unpaired) electrons. The number of rotatable bonds is 7. The van der Waals surface area contributed by atoms with Gasteiger partial charge in [-0.3, -0.25) is 4.79 Å². The van der Waals surface area contributed by atoms with E-state index in [9.17, 15) is 13.2 Å². The molecule has 3 N–H and O–H groups in total. The Balaban J connectivity index is 1.88. The highest BCUT2D eigenvalue weighted by molar-refractivity contribution is 7.92. The van der Waals surface area contributed by atoms with Crippen LogP contribution in [0.2, 0.25) is 0 Å². The molecule has 3 aromatic carbocycles. The fourth-order valence-electron chi connectivity index (χ4n) is 3.33. The lowest BCUT2D eigenvalue weighted by atomic mass is 10.1. The molecular weight excluding hydrogens is 456 g/mol. The molecule has 33 heavy (non-hydrogen) atoms. The van der Waals surface area contributed by atoms with Crippen molar-refractivity contribution in [2.75, 3.05) is 18.2 Å². The fraction of sp³-hybridized carbons (Fsp3) is 0.0800. The first-order valence-electron chi connectivity index (χ1n) is 10.1. The van der Waals surface area contributed by atoms with E-state index >= 15 is 0 Å². The number of benzene rings is 3. The zero-order valence-corrected chi connectivity index (χ0v) is 19.7. The van der Waals surface area contributed by atoms with Gasteiger partial charge in [-0.05, 0) is 31.2 Å². The number of carbonyl (C=O) groups is 1. The van der Waals surface area contributed by atoms with Crippen molar-refractivity contribution in [3.05, 3.63) is 94.9 Å². The van der Waals surface area contributed by atoms with Crippen LogP contribution in [0, 0.1) is 6.92 Å². The van der Waals surface area contributed by atoms with Crippen LogP contribution in [0.15, 0.2) is 88.7 Å². The van der Waals surface area contributed by atoms with Gasteiger partial charge in [0.25, 0.3) is 0 Å². The predicted molar refractivity (Wildman–Crippen MR) is 132 cm³/mol. The standard InChI is InChI=1S/C25H22N2O4S2/c1-16-11-13-20(14-12-16)33(29,30)24-21(26)23(22(28)17-7-4-3-5-8-17)32-25(24)27-18-9-6-10-19(15-18)31-2/h3-15,27H,26H2,1-2H3. The summed E-state index contributed by atoms with van der Waals surface area (Å²) in [7, 11) is -2.46. The van der Waals surface area contributed by atoms with E-state index in [-0.39, 0.29) is 31.1 Å². The summed E-state index contributed by atoms with van der Waals surface area (Å²) in [5.74, 6) is 0.269. The molecule has 1 heterocycles. The number of ketones is 1. The van der Waals surface area contributed by atoms with Crippen molar-refractivity contribution in [1.82, 2.24) is 0 Å². The SMILES string of the molecule is COc1cccc(Nc2sc(C(=O)c3ccccc3)c(N)c2S(=O)(=O)c2ccc(C)cc2)c1.